The second kappa shape index (κ2) is 15.1. The Morgan fingerprint density at radius 3 is 1.58 bits per heavy atom. The summed E-state index contributed by atoms with van der Waals surface area (Å²) < 4.78 is 57.4. The van der Waals surface area contributed by atoms with Crippen molar-refractivity contribution in [3.63, 3.8) is 0 Å². The van der Waals surface area contributed by atoms with Crippen LogP contribution in [-0.4, -0.2) is 63.3 Å². The van der Waals surface area contributed by atoms with Gasteiger partial charge in [0.25, 0.3) is 11.1 Å². The number of fused-ring (bicyclic) bond motifs is 2. The van der Waals surface area contributed by atoms with Crippen molar-refractivity contribution in [1.29, 1.82) is 0 Å². The Kier molecular flexibility index (Phi) is 10.0. The van der Waals surface area contributed by atoms with Gasteiger partial charge in [-0.1, -0.05) is 47.5 Å². The number of benzene rings is 2. The van der Waals surface area contributed by atoms with E-state index < -0.39 is 15.7 Å². The molecular weight excluding hydrogens is 803 g/mol. The first-order valence-corrected chi connectivity index (χ1v) is 20.0. The molecule has 20 heteroatoms. The van der Waals surface area contributed by atoms with Gasteiger partial charge in [-0.2, -0.15) is 0 Å². The lowest BCUT2D eigenvalue weighted by Gasteiger charge is -2.11. The smallest absolute Gasteiger partial charge is 0.275 e. The van der Waals surface area contributed by atoms with Crippen molar-refractivity contribution in [2.45, 2.75) is 44.2 Å². The molecule has 5 aromatic heterocycles. The molecule has 2 aliphatic heterocycles. The molecule has 0 unspecified atom stereocenters. The van der Waals surface area contributed by atoms with Crippen LogP contribution >= 0.6 is 23.2 Å². The van der Waals surface area contributed by atoms with E-state index in [4.69, 9.17) is 23.2 Å². The number of hydrogen-bond acceptors (Lipinski definition) is 11. The van der Waals surface area contributed by atoms with Gasteiger partial charge in [0.05, 0.1) is 33.9 Å². The van der Waals surface area contributed by atoms with Crippen molar-refractivity contribution < 1.29 is 17.2 Å². The van der Waals surface area contributed by atoms with E-state index in [1.165, 1.54) is 48.9 Å². The predicted octanol–water partition coefficient (Wildman–Crippen LogP) is 5.88. The number of anilines is 2. The quantitative estimate of drug-likeness (QED) is 0.150. The highest BCUT2D eigenvalue weighted by atomic mass is 35.5. The molecule has 7 aromatic rings. The maximum Gasteiger partial charge on any atom is 0.275 e. The average Bonchev–Trinajstić information content (AvgIpc) is 3.98. The minimum absolute atomic E-state index is 0.127. The monoisotopic (exact) mass is 831 g/mol. The molecule has 7 heterocycles. The van der Waals surface area contributed by atoms with Gasteiger partial charge in [-0.15, -0.1) is 0 Å². The molecule has 1 N–H and O–H groups in total. The molecule has 290 valence electrons. The summed E-state index contributed by atoms with van der Waals surface area (Å²) in [6.07, 6.45) is 6.85. The van der Waals surface area contributed by atoms with Crippen molar-refractivity contribution in [1.82, 2.24) is 48.6 Å². The second-order valence-electron chi connectivity index (χ2n) is 13.0. The van der Waals surface area contributed by atoms with Crippen LogP contribution in [0.4, 0.5) is 20.4 Å². The van der Waals surface area contributed by atoms with Crippen LogP contribution in [0, 0.1) is 11.6 Å². The highest BCUT2D eigenvalue weighted by molar-refractivity contribution is 7.90. The van der Waals surface area contributed by atoms with E-state index in [9.17, 15) is 26.8 Å². The van der Waals surface area contributed by atoms with Gasteiger partial charge in [0.1, 0.15) is 23.6 Å². The van der Waals surface area contributed by atoms with E-state index >= 15 is 0 Å². The topological polar surface area (TPSA) is 177 Å². The zero-order chi connectivity index (χ0) is 40.0. The maximum atomic E-state index is 13.5. The van der Waals surface area contributed by atoms with Crippen molar-refractivity contribution in [2.24, 2.45) is 0 Å². The number of aromatic nitrogens is 10. The van der Waals surface area contributed by atoms with Gasteiger partial charge in [0.2, 0.25) is 20.9 Å². The van der Waals surface area contributed by atoms with E-state index in [1.807, 2.05) is 4.68 Å². The van der Waals surface area contributed by atoms with Gasteiger partial charge in [-0.05, 0) is 60.4 Å². The Balaban J connectivity index is 0.000000162. The lowest BCUT2D eigenvalue weighted by molar-refractivity contribution is 0.590. The molecule has 0 atom stereocenters. The molecule has 2 aliphatic rings. The lowest BCUT2D eigenvalue weighted by Crippen LogP contribution is -2.17. The van der Waals surface area contributed by atoms with Gasteiger partial charge in [-0.25, -0.2) is 56.5 Å². The zero-order valence-electron chi connectivity index (χ0n) is 29.8. The molecule has 0 amide bonds. The Labute approximate surface area is 332 Å². The molecule has 0 radical (unpaired) electrons. The standard InChI is InChI=1S/C20H14Cl2FN7O.C17H15FN4O3S/c21-17-15(18(22)26-10-25-17)28-20-24-7-6-13(27-20)16-14(11-2-4-12(23)5-3-11)19(31)30-9-1-8-29(16)30;1-26(24,25)17-19-8-7-13(20-17)15-14(11-3-5-12(18)6-4-11)16(23)22-10-2-9-21(15)22/h2-7,10H,1,8-9H2,(H,24,27,28);3-8H,2,9-10H2,1H3. The first-order valence-electron chi connectivity index (χ1n) is 17.4. The molecule has 57 heavy (non-hydrogen) atoms. The van der Waals surface area contributed by atoms with Crippen molar-refractivity contribution in [3.8, 4) is 45.0 Å². The summed E-state index contributed by atoms with van der Waals surface area (Å²) in [5.74, 6) is -0.555. The first kappa shape index (κ1) is 37.8. The maximum absolute atomic E-state index is 13.5. The third-order valence-electron chi connectivity index (χ3n) is 9.31. The number of halogens is 4. The molecular formula is C37H29Cl2F2N11O4S. The van der Waals surface area contributed by atoms with E-state index in [-0.39, 0.29) is 44.0 Å². The van der Waals surface area contributed by atoms with E-state index in [0.29, 0.717) is 71.2 Å². The van der Waals surface area contributed by atoms with Crippen LogP contribution in [0.3, 0.4) is 0 Å². The van der Waals surface area contributed by atoms with Crippen molar-refractivity contribution >= 4 is 44.7 Å². The molecule has 0 spiro atoms. The summed E-state index contributed by atoms with van der Waals surface area (Å²) in [4.78, 5) is 50.6. The van der Waals surface area contributed by atoms with Crippen molar-refractivity contribution in [2.75, 3.05) is 11.6 Å². The third-order valence-corrected chi connectivity index (χ3v) is 10.7. The van der Waals surface area contributed by atoms with Gasteiger partial charge >= 0.3 is 0 Å². The van der Waals surface area contributed by atoms with Crippen LogP contribution in [0.2, 0.25) is 10.3 Å². The highest BCUT2D eigenvalue weighted by Gasteiger charge is 2.28. The van der Waals surface area contributed by atoms with Crippen LogP contribution in [0.25, 0.3) is 45.0 Å². The average molecular weight is 833 g/mol. The van der Waals surface area contributed by atoms with Crippen LogP contribution in [0.5, 0.6) is 0 Å². The fraction of sp³-hybridized carbons (Fsp3) is 0.189. The highest BCUT2D eigenvalue weighted by Crippen LogP contribution is 2.34. The Morgan fingerprint density at radius 1 is 0.632 bits per heavy atom. The lowest BCUT2D eigenvalue weighted by atomic mass is 10.0. The predicted molar refractivity (Wildman–Crippen MR) is 208 cm³/mol. The number of sulfone groups is 1. The molecule has 15 nitrogen and oxygen atoms in total. The zero-order valence-corrected chi connectivity index (χ0v) is 32.1. The summed E-state index contributed by atoms with van der Waals surface area (Å²) in [6, 6.07) is 14.8. The summed E-state index contributed by atoms with van der Waals surface area (Å²) in [6.45, 7) is 2.46. The summed E-state index contributed by atoms with van der Waals surface area (Å²) in [5, 5.41) is 2.89. The molecule has 0 saturated heterocycles. The Morgan fingerprint density at radius 2 is 1.09 bits per heavy atom. The third kappa shape index (κ3) is 7.22. The molecule has 9 rings (SSSR count). The van der Waals surface area contributed by atoms with Crippen LogP contribution in [0.1, 0.15) is 12.8 Å². The number of rotatable bonds is 7. The molecule has 0 bridgehead atoms. The van der Waals surface area contributed by atoms with Gasteiger partial charge in [0.15, 0.2) is 10.3 Å². The number of hydrogen-bond donors (Lipinski definition) is 1. The Hall–Kier alpha value is -6.11. The fourth-order valence-corrected chi connectivity index (χ4v) is 7.79. The van der Waals surface area contributed by atoms with E-state index in [1.54, 1.807) is 44.5 Å². The summed E-state index contributed by atoms with van der Waals surface area (Å²) >= 11 is 12.2. The minimum Gasteiger partial charge on any atom is -0.319 e. The normalized spacial score (nSPS) is 13.2. The molecule has 0 aliphatic carbocycles. The van der Waals surface area contributed by atoms with E-state index in [2.05, 4.69) is 35.2 Å². The fourth-order valence-electron chi connectivity index (χ4n) is 6.87. The van der Waals surface area contributed by atoms with Crippen molar-refractivity contribution in [3.05, 3.63) is 122 Å². The van der Waals surface area contributed by atoms with Crippen LogP contribution in [0.15, 0.2) is 94.1 Å². The largest absolute Gasteiger partial charge is 0.319 e. The van der Waals surface area contributed by atoms with Crippen LogP contribution in [-0.2, 0) is 36.0 Å². The van der Waals surface area contributed by atoms with E-state index in [0.717, 1.165) is 19.1 Å². The summed E-state index contributed by atoms with van der Waals surface area (Å²) in [5.41, 5.74) is 3.97. The van der Waals surface area contributed by atoms with Crippen LogP contribution < -0.4 is 16.4 Å². The Bertz CT molecular complexity index is 2890. The SMILES string of the molecule is CS(=O)(=O)c1nccc(-c2c(-c3ccc(F)cc3)c(=O)n3n2CCC3)n1.O=c1c(-c2ccc(F)cc2)c(-c2ccnc(Nc3c(Cl)ncnc3Cl)n2)n2n1CCC2. The minimum atomic E-state index is -3.59. The van der Waals surface area contributed by atoms with Gasteiger partial charge < -0.3 is 5.32 Å². The van der Waals surface area contributed by atoms with Gasteiger partial charge in [-0.3, -0.25) is 19.0 Å². The number of nitrogens with zero attached hydrogens (tertiary/aromatic N) is 10. The molecule has 2 aromatic carbocycles. The summed E-state index contributed by atoms with van der Waals surface area (Å²) in [7, 11) is -3.59. The molecule has 0 saturated carbocycles. The number of nitrogens with one attached hydrogen (secondary N) is 1. The second-order valence-corrected chi connectivity index (χ2v) is 15.6. The molecule has 0 fully saturated rings. The van der Waals surface area contributed by atoms with Gasteiger partial charge in [0, 0.05) is 44.8 Å². The first-order chi connectivity index (χ1) is 27.4.